The summed E-state index contributed by atoms with van der Waals surface area (Å²) in [6.07, 6.45) is 0. The van der Waals surface area contributed by atoms with Gasteiger partial charge in [-0.1, -0.05) is 18.2 Å². The molecule has 38 heavy (non-hydrogen) atoms. The minimum atomic E-state index is -0.355. The van der Waals surface area contributed by atoms with E-state index >= 15 is 0 Å². The van der Waals surface area contributed by atoms with E-state index in [-0.39, 0.29) is 23.2 Å². The second-order valence-corrected chi connectivity index (χ2v) is 8.40. The van der Waals surface area contributed by atoms with Crippen molar-refractivity contribution in [2.45, 2.75) is 0 Å². The molecule has 0 aliphatic rings. The Morgan fingerprint density at radius 2 is 0.737 bits per heavy atom. The molecule has 0 spiro atoms. The van der Waals surface area contributed by atoms with Crippen molar-refractivity contribution < 1.29 is 27.8 Å². The summed E-state index contributed by atoms with van der Waals surface area (Å²) >= 11 is 0. The third-order valence-electron chi connectivity index (χ3n) is 5.72. The van der Waals surface area contributed by atoms with Gasteiger partial charge in [-0.3, -0.25) is 9.59 Å². The zero-order valence-corrected chi connectivity index (χ0v) is 19.9. The van der Waals surface area contributed by atoms with Gasteiger partial charge in [0, 0.05) is 22.3 Å². The number of ether oxygens (including phenoxy) is 2. The maximum Gasteiger partial charge on any atom is 0.193 e. The number of ketones is 2. The number of hydrogen-bond donors (Lipinski definition) is 0. The number of hydrogen-bond acceptors (Lipinski definition) is 4. The fourth-order valence-electron chi connectivity index (χ4n) is 3.76. The van der Waals surface area contributed by atoms with Gasteiger partial charge in [0.1, 0.15) is 34.6 Å². The van der Waals surface area contributed by atoms with E-state index < -0.39 is 0 Å². The number of carbonyl (C=O) groups excluding carboxylic acids is 2. The molecule has 0 unspecified atom stereocenters. The predicted molar refractivity (Wildman–Crippen MR) is 139 cm³/mol. The SMILES string of the molecule is O=C(c1ccc(Oc2ccc(F)cc2)cc1)c1cccc(C(=O)c2ccc(Oc3ccc(F)cc3)cc2)c1. The van der Waals surface area contributed by atoms with E-state index in [0.29, 0.717) is 45.3 Å². The molecule has 5 rings (SSSR count). The minimum absolute atomic E-state index is 0.240. The van der Waals surface area contributed by atoms with Crippen molar-refractivity contribution in [3.05, 3.63) is 155 Å². The number of carbonyl (C=O) groups is 2. The van der Waals surface area contributed by atoms with E-state index in [9.17, 15) is 18.4 Å². The van der Waals surface area contributed by atoms with Crippen LogP contribution in [0.25, 0.3) is 0 Å². The molecule has 0 heterocycles. The minimum Gasteiger partial charge on any atom is -0.457 e. The molecule has 0 saturated heterocycles. The van der Waals surface area contributed by atoms with Gasteiger partial charge in [-0.2, -0.15) is 0 Å². The lowest BCUT2D eigenvalue weighted by atomic mass is 9.97. The van der Waals surface area contributed by atoms with Crippen molar-refractivity contribution in [1.82, 2.24) is 0 Å². The topological polar surface area (TPSA) is 52.6 Å². The Hall–Kier alpha value is -5.10. The molecular formula is C32H20F2O4. The third-order valence-corrected chi connectivity index (χ3v) is 5.72. The largest absolute Gasteiger partial charge is 0.457 e. The summed E-state index contributed by atoms with van der Waals surface area (Å²) in [6, 6.07) is 31.0. The quantitative estimate of drug-likeness (QED) is 0.200. The molecule has 0 atom stereocenters. The summed E-state index contributed by atoms with van der Waals surface area (Å²) in [5.41, 5.74) is 1.62. The molecule has 0 aliphatic carbocycles. The van der Waals surface area contributed by atoms with Gasteiger partial charge in [-0.15, -0.1) is 0 Å². The monoisotopic (exact) mass is 506 g/mol. The first-order valence-corrected chi connectivity index (χ1v) is 11.7. The molecule has 6 heteroatoms. The molecule has 0 bridgehead atoms. The molecule has 4 nitrogen and oxygen atoms in total. The van der Waals surface area contributed by atoms with Gasteiger partial charge in [-0.05, 0) is 103 Å². The van der Waals surface area contributed by atoms with Gasteiger partial charge in [0.15, 0.2) is 11.6 Å². The first-order valence-electron chi connectivity index (χ1n) is 11.7. The Labute approximate surface area is 217 Å². The second-order valence-electron chi connectivity index (χ2n) is 8.40. The van der Waals surface area contributed by atoms with Crippen LogP contribution in [0.5, 0.6) is 23.0 Å². The molecule has 0 aliphatic heterocycles. The maximum absolute atomic E-state index is 13.1. The van der Waals surface area contributed by atoms with Gasteiger partial charge in [0.05, 0.1) is 0 Å². The Morgan fingerprint density at radius 3 is 1.08 bits per heavy atom. The van der Waals surface area contributed by atoms with Crippen LogP contribution >= 0.6 is 0 Å². The van der Waals surface area contributed by atoms with Crippen LogP contribution in [0.15, 0.2) is 121 Å². The van der Waals surface area contributed by atoms with Gasteiger partial charge >= 0.3 is 0 Å². The highest BCUT2D eigenvalue weighted by Crippen LogP contribution is 2.25. The molecule has 186 valence electrons. The van der Waals surface area contributed by atoms with E-state index in [1.807, 2.05) is 0 Å². The molecule has 0 fully saturated rings. The Bertz CT molecular complexity index is 1460. The van der Waals surface area contributed by atoms with E-state index in [4.69, 9.17) is 9.47 Å². The van der Waals surface area contributed by atoms with Crippen LogP contribution in [0, 0.1) is 11.6 Å². The zero-order chi connectivity index (χ0) is 26.5. The lowest BCUT2D eigenvalue weighted by Crippen LogP contribution is -2.06. The number of halogens is 2. The highest BCUT2D eigenvalue weighted by atomic mass is 19.1. The lowest BCUT2D eigenvalue weighted by molar-refractivity contribution is 0.103. The molecule has 5 aromatic carbocycles. The fraction of sp³-hybridized carbons (Fsp3) is 0. The number of rotatable bonds is 8. The first kappa shape index (κ1) is 24.6. The van der Waals surface area contributed by atoms with Crippen molar-refractivity contribution in [3.63, 3.8) is 0 Å². The van der Waals surface area contributed by atoms with Crippen LogP contribution in [-0.4, -0.2) is 11.6 Å². The Kier molecular flexibility index (Phi) is 7.04. The van der Waals surface area contributed by atoms with Gasteiger partial charge in [0.2, 0.25) is 0 Å². The first-order chi connectivity index (χ1) is 18.4. The second kappa shape index (κ2) is 10.9. The molecule has 0 amide bonds. The normalized spacial score (nSPS) is 10.6. The van der Waals surface area contributed by atoms with Crippen molar-refractivity contribution in [3.8, 4) is 23.0 Å². The van der Waals surface area contributed by atoms with Crippen molar-refractivity contribution in [2.75, 3.05) is 0 Å². The standard InChI is InChI=1S/C32H20F2O4/c33-25-8-16-29(17-9-25)37-27-12-4-21(5-13-27)31(35)23-2-1-3-24(20-23)32(36)22-6-14-28(15-7-22)38-30-18-10-26(34)11-19-30/h1-20H. The average Bonchev–Trinajstić information content (AvgIpc) is 2.96. The van der Waals surface area contributed by atoms with Crippen molar-refractivity contribution in [2.24, 2.45) is 0 Å². The zero-order valence-electron chi connectivity index (χ0n) is 19.9. The molecule has 0 N–H and O–H groups in total. The third kappa shape index (κ3) is 5.82. The Balaban J connectivity index is 1.27. The Morgan fingerprint density at radius 1 is 0.421 bits per heavy atom. The van der Waals surface area contributed by atoms with Crippen molar-refractivity contribution >= 4 is 11.6 Å². The highest BCUT2D eigenvalue weighted by Gasteiger charge is 2.14. The molecule has 5 aromatic rings. The van der Waals surface area contributed by atoms with Crippen molar-refractivity contribution in [1.29, 1.82) is 0 Å². The van der Waals surface area contributed by atoms with Crippen LogP contribution in [0.3, 0.4) is 0 Å². The predicted octanol–water partition coefficient (Wildman–Crippen LogP) is 8.01. The summed E-state index contributed by atoms with van der Waals surface area (Å²) in [5.74, 6) is 0.775. The van der Waals surface area contributed by atoms with Gasteiger partial charge in [-0.25, -0.2) is 8.78 Å². The summed E-state index contributed by atoms with van der Waals surface area (Å²) in [7, 11) is 0. The van der Waals surface area contributed by atoms with E-state index in [2.05, 4.69) is 0 Å². The van der Waals surface area contributed by atoms with Crippen LogP contribution in [0.1, 0.15) is 31.8 Å². The summed E-state index contributed by atoms with van der Waals surface area (Å²) in [5, 5.41) is 0. The van der Waals surface area contributed by atoms with Crippen LogP contribution < -0.4 is 9.47 Å². The van der Waals surface area contributed by atoms with Gasteiger partial charge < -0.3 is 9.47 Å². The maximum atomic E-state index is 13.1. The summed E-state index contributed by atoms with van der Waals surface area (Å²) in [6.45, 7) is 0. The van der Waals surface area contributed by atoms with E-state index in [1.54, 1.807) is 72.8 Å². The lowest BCUT2D eigenvalue weighted by Gasteiger charge is -2.08. The summed E-state index contributed by atoms with van der Waals surface area (Å²) < 4.78 is 37.5. The number of benzene rings is 5. The molecular weight excluding hydrogens is 486 g/mol. The fourth-order valence-corrected chi connectivity index (χ4v) is 3.76. The summed E-state index contributed by atoms with van der Waals surface area (Å²) in [4.78, 5) is 26.1. The van der Waals surface area contributed by atoms with E-state index in [1.165, 1.54) is 48.5 Å². The van der Waals surface area contributed by atoms with Crippen LogP contribution in [-0.2, 0) is 0 Å². The smallest absolute Gasteiger partial charge is 0.193 e. The van der Waals surface area contributed by atoms with Gasteiger partial charge in [0.25, 0.3) is 0 Å². The van der Waals surface area contributed by atoms with E-state index in [0.717, 1.165) is 0 Å². The average molecular weight is 507 g/mol. The molecule has 0 aromatic heterocycles. The van der Waals surface area contributed by atoms with Crippen LogP contribution in [0.4, 0.5) is 8.78 Å². The van der Waals surface area contributed by atoms with Crippen LogP contribution in [0.2, 0.25) is 0 Å². The highest BCUT2D eigenvalue weighted by molar-refractivity contribution is 6.13. The molecule has 0 radical (unpaired) electrons. The molecule has 0 saturated carbocycles.